The Labute approximate surface area is 233 Å². The van der Waals surface area contributed by atoms with Gasteiger partial charge in [-0.1, -0.05) is 71.9 Å². The summed E-state index contributed by atoms with van der Waals surface area (Å²) in [4.78, 5) is 27.9. The summed E-state index contributed by atoms with van der Waals surface area (Å²) in [5, 5.41) is 0.106. The van der Waals surface area contributed by atoms with Crippen molar-refractivity contribution in [1.82, 2.24) is 4.90 Å². The predicted molar refractivity (Wildman–Crippen MR) is 160 cm³/mol. The quantitative estimate of drug-likeness (QED) is 0.214. The van der Waals surface area contributed by atoms with Crippen LogP contribution in [0.5, 0.6) is 0 Å². The summed E-state index contributed by atoms with van der Waals surface area (Å²) in [6.45, 7) is 23.0. The molecule has 2 atom stereocenters. The smallest absolute Gasteiger partial charge is 0.410 e. The molecule has 6 nitrogen and oxygen atoms in total. The zero-order valence-corrected chi connectivity index (χ0v) is 27.6. The maximum absolute atomic E-state index is 13.2. The SMILES string of the molecule is COC(=O)N(Cc1ccccc1)[C@H]1C=C(O[Si](C)(C)C(C)(C)C)CC[C@]1(C=O)CCO[Si](C)(C)C(C)(C)C. The fourth-order valence-corrected chi connectivity index (χ4v) is 6.42. The lowest BCUT2D eigenvalue weighted by Gasteiger charge is -2.46. The van der Waals surface area contributed by atoms with Crippen molar-refractivity contribution < 1.29 is 23.2 Å². The van der Waals surface area contributed by atoms with Gasteiger partial charge in [0.25, 0.3) is 0 Å². The van der Waals surface area contributed by atoms with Crippen molar-refractivity contribution in [2.75, 3.05) is 13.7 Å². The lowest BCUT2D eigenvalue weighted by molar-refractivity contribution is -0.121. The number of nitrogens with zero attached hydrogens (tertiary/aromatic N) is 1. The molecule has 0 saturated heterocycles. The molecule has 0 aliphatic heterocycles. The van der Waals surface area contributed by atoms with Crippen LogP contribution in [0.2, 0.25) is 36.3 Å². The van der Waals surface area contributed by atoms with E-state index < -0.39 is 34.2 Å². The van der Waals surface area contributed by atoms with Crippen molar-refractivity contribution in [3.05, 3.63) is 47.7 Å². The van der Waals surface area contributed by atoms with Crippen molar-refractivity contribution in [3.63, 3.8) is 0 Å². The predicted octanol–water partition coefficient (Wildman–Crippen LogP) is 7.92. The summed E-state index contributed by atoms with van der Waals surface area (Å²) in [5.74, 6) is 0.867. The molecule has 0 bridgehead atoms. The summed E-state index contributed by atoms with van der Waals surface area (Å²) in [6, 6.07) is 9.31. The number of methoxy groups -OCH3 is 1. The van der Waals surface area contributed by atoms with Crippen molar-refractivity contribution in [2.24, 2.45) is 5.41 Å². The third kappa shape index (κ3) is 7.60. The number of rotatable bonds is 10. The van der Waals surface area contributed by atoms with Gasteiger partial charge >= 0.3 is 6.09 Å². The van der Waals surface area contributed by atoms with E-state index in [-0.39, 0.29) is 10.1 Å². The molecule has 1 aliphatic rings. The molecule has 1 aromatic carbocycles. The van der Waals surface area contributed by atoms with Crippen molar-refractivity contribution in [2.45, 2.75) is 110 Å². The summed E-state index contributed by atoms with van der Waals surface area (Å²) < 4.78 is 18.5. The first-order valence-electron chi connectivity index (χ1n) is 13.8. The number of allylic oxidation sites excluding steroid dienone is 1. The Bertz CT molecular complexity index is 979. The zero-order chi connectivity index (χ0) is 29.0. The van der Waals surface area contributed by atoms with E-state index in [0.29, 0.717) is 32.4 Å². The Morgan fingerprint density at radius 3 is 2.11 bits per heavy atom. The Morgan fingerprint density at radius 1 is 1.03 bits per heavy atom. The molecule has 0 aromatic heterocycles. The largest absolute Gasteiger partial charge is 0.547 e. The molecule has 1 aromatic rings. The van der Waals surface area contributed by atoms with Gasteiger partial charge in [0, 0.05) is 19.6 Å². The molecule has 0 fully saturated rings. The number of hydrogen-bond donors (Lipinski definition) is 0. The van der Waals surface area contributed by atoms with Gasteiger partial charge < -0.3 is 18.4 Å². The second-order valence-electron chi connectivity index (χ2n) is 13.7. The van der Waals surface area contributed by atoms with Gasteiger partial charge in [-0.25, -0.2) is 4.79 Å². The van der Waals surface area contributed by atoms with Crippen LogP contribution in [0.25, 0.3) is 0 Å². The Balaban J connectivity index is 2.52. The highest BCUT2D eigenvalue weighted by Crippen LogP contribution is 2.45. The van der Waals surface area contributed by atoms with Gasteiger partial charge in [0.2, 0.25) is 8.32 Å². The first-order chi connectivity index (χ1) is 17.4. The Kier molecular flexibility index (Phi) is 10.3. The molecule has 0 spiro atoms. The second kappa shape index (κ2) is 12.1. The van der Waals surface area contributed by atoms with E-state index in [9.17, 15) is 9.59 Å². The second-order valence-corrected chi connectivity index (χ2v) is 23.3. The fraction of sp³-hybridized carbons (Fsp3) is 0.667. The molecule has 0 saturated carbocycles. The minimum Gasteiger partial charge on any atom is -0.547 e. The number of benzene rings is 1. The first-order valence-corrected chi connectivity index (χ1v) is 19.6. The maximum atomic E-state index is 13.2. The van der Waals surface area contributed by atoms with Crippen LogP contribution >= 0.6 is 0 Å². The van der Waals surface area contributed by atoms with Crippen LogP contribution < -0.4 is 0 Å². The fourth-order valence-electron chi connectivity index (χ4n) is 4.24. The van der Waals surface area contributed by atoms with Crippen molar-refractivity contribution in [3.8, 4) is 0 Å². The minimum absolute atomic E-state index is 0.0333. The first kappa shape index (κ1) is 32.3. The van der Waals surface area contributed by atoms with Crippen LogP contribution in [-0.2, 0) is 24.9 Å². The number of aldehydes is 1. The van der Waals surface area contributed by atoms with Crippen molar-refractivity contribution in [1.29, 1.82) is 0 Å². The summed E-state index contributed by atoms with van der Waals surface area (Å²) in [6.07, 6.45) is 4.38. The van der Waals surface area contributed by atoms with Crippen LogP contribution in [0.1, 0.15) is 66.4 Å². The van der Waals surface area contributed by atoms with Gasteiger partial charge in [-0.05, 0) is 60.7 Å². The lowest BCUT2D eigenvalue weighted by atomic mass is 9.71. The van der Waals surface area contributed by atoms with Crippen LogP contribution in [0.4, 0.5) is 4.79 Å². The van der Waals surface area contributed by atoms with Gasteiger partial charge in [-0.2, -0.15) is 0 Å². The van der Waals surface area contributed by atoms with E-state index in [1.54, 1.807) is 4.90 Å². The highest BCUT2D eigenvalue weighted by molar-refractivity contribution is 6.74. The molecule has 1 aliphatic carbocycles. The summed E-state index contributed by atoms with van der Waals surface area (Å²) >= 11 is 0. The molecule has 8 heteroatoms. The van der Waals surface area contributed by atoms with E-state index in [0.717, 1.165) is 17.6 Å². The molecular weight excluding hydrogens is 511 g/mol. The highest BCUT2D eigenvalue weighted by atomic mass is 28.4. The number of hydrogen-bond acceptors (Lipinski definition) is 5. The van der Waals surface area contributed by atoms with Crippen LogP contribution in [0.3, 0.4) is 0 Å². The number of ether oxygens (including phenoxy) is 1. The molecular formula is C30H51NO5Si2. The molecule has 38 heavy (non-hydrogen) atoms. The topological polar surface area (TPSA) is 65.1 Å². The Morgan fingerprint density at radius 2 is 1.61 bits per heavy atom. The van der Waals surface area contributed by atoms with E-state index in [1.165, 1.54) is 7.11 Å². The highest BCUT2D eigenvalue weighted by Gasteiger charge is 2.48. The van der Waals surface area contributed by atoms with Gasteiger partial charge in [0.1, 0.15) is 6.29 Å². The molecule has 1 amide bonds. The van der Waals surface area contributed by atoms with Crippen LogP contribution in [0, 0.1) is 5.41 Å². The standard InChI is InChI=1S/C30H51NO5Si2/c1-28(2,3)37(8,9)35-20-19-30(23-32)18-17-25(36-38(10,11)29(4,5)6)21-26(30)31(27(33)34-7)22-24-15-13-12-14-16-24/h12-16,21,23,26H,17-20,22H2,1-11H3/t26-,30+/m0/s1. The van der Waals surface area contributed by atoms with Crippen LogP contribution in [0.15, 0.2) is 42.2 Å². The molecule has 0 radical (unpaired) electrons. The van der Waals surface area contributed by atoms with Gasteiger partial charge in [-0.3, -0.25) is 4.90 Å². The van der Waals surface area contributed by atoms with Crippen LogP contribution in [-0.4, -0.2) is 53.7 Å². The zero-order valence-electron chi connectivity index (χ0n) is 25.6. The number of carbonyl (C=O) groups excluding carboxylic acids is 2. The molecule has 0 N–H and O–H groups in total. The molecule has 0 heterocycles. The van der Waals surface area contributed by atoms with Gasteiger partial charge in [0.05, 0.1) is 24.3 Å². The minimum atomic E-state index is -2.10. The number of carbonyl (C=O) groups is 2. The molecule has 214 valence electrons. The van der Waals surface area contributed by atoms with Crippen molar-refractivity contribution >= 4 is 29.0 Å². The summed E-state index contributed by atoms with van der Waals surface area (Å²) in [5.41, 5.74) is 0.173. The average Bonchev–Trinajstić information content (AvgIpc) is 2.82. The van der Waals surface area contributed by atoms with Gasteiger partial charge in [0.15, 0.2) is 8.32 Å². The third-order valence-corrected chi connectivity index (χ3v) is 17.9. The van der Waals surface area contributed by atoms with E-state index in [4.69, 9.17) is 13.6 Å². The monoisotopic (exact) mass is 561 g/mol. The summed E-state index contributed by atoms with van der Waals surface area (Å²) in [7, 11) is -2.71. The van der Waals surface area contributed by atoms with Gasteiger partial charge in [-0.15, -0.1) is 0 Å². The van der Waals surface area contributed by atoms with E-state index in [1.807, 2.05) is 36.4 Å². The van der Waals surface area contributed by atoms with E-state index >= 15 is 0 Å². The Hall–Kier alpha value is -1.91. The maximum Gasteiger partial charge on any atom is 0.410 e. The number of amides is 1. The molecule has 0 unspecified atom stereocenters. The molecule has 2 rings (SSSR count). The lowest BCUT2D eigenvalue weighted by Crippen LogP contribution is -2.53. The van der Waals surface area contributed by atoms with E-state index in [2.05, 4.69) is 67.7 Å². The normalized spacial score (nSPS) is 20.9. The average molecular weight is 562 g/mol. The third-order valence-electron chi connectivity index (χ3n) is 8.97.